The van der Waals surface area contributed by atoms with Gasteiger partial charge in [0, 0.05) is 13.2 Å². The molecular formula is C11H23NO4. The summed E-state index contributed by atoms with van der Waals surface area (Å²) in [5.74, 6) is 0.418. The molecule has 0 saturated carbocycles. The van der Waals surface area contributed by atoms with Gasteiger partial charge in [0.1, 0.15) is 6.61 Å². The molecule has 0 saturated heterocycles. The zero-order chi connectivity index (χ0) is 12.4. The van der Waals surface area contributed by atoms with Gasteiger partial charge >= 0.3 is 6.09 Å². The van der Waals surface area contributed by atoms with E-state index in [1.54, 1.807) is 0 Å². The third-order valence-corrected chi connectivity index (χ3v) is 1.73. The van der Waals surface area contributed by atoms with Crippen molar-refractivity contribution in [2.75, 3.05) is 26.4 Å². The molecule has 0 fully saturated rings. The Balaban J connectivity index is 3.34. The van der Waals surface area contributed by atoms with E-state index in [9.17, 15) is 4.79 Å². The molecule has 0 bridgehead atoms. The lowest BCUT2D eigenvalue weighted by molar-refractivity contribution is -0.132. The molecule has 1 N–H and O–H groups in total. The number of carbonyl (C=O) groups is 1. The first-order valence-electron chi connectivity index (χ1n) is 5.70. The Morgan fingerprint density at radius 1 is 1.19 bits per heavy atom. The molecule has 0 aliphatic carbocycles. The van der Waals surface area contributed by atoms with E-state index in [2.05, 4.69) is 5.32 Å². The standard InChI is InChI=1S/C11H23NO4/c1-5-14-10(4)15-6-7-16-11(13)12-8-9(2)3/h9-10H,5-8H2,1-4H3,(H,12,13). The molecule has 0 heterocycles. The van der Waals surface area contributed by atoms with Gasteiger partial charge in [-0.1, -0.05) is 13.8 Å². The van der Waals surface area contributed by atoms with Gasteiger partial charge in [0.05, 0.1) is 6.61 Å². The Hall–Kier alpha value is -0.810. The fourth-order valence-corrected chi connectivity index (χ4v) is 0.970. The normalized spacial score (nSPS) is 12.6. The van der Waals surface area contributed by atoms with Gasteiger partial charge in [-0.2, -0.15) is 0 Å². The molecule has 96 valence electrons. The lowest BCUT2D eigenvalue weighted by Gasteiger charge is -2.13. The van der Waals surface area contributed by atoms with Crippen LogP contribution in [0, 0.1) is 5.92 Å². The quantitative estimate of drug-likeness (QED) is 0.513. The summed E-state index contributed by atoms with van der Waals surface area (Å²) in [6.45, 7) is 9.56. The van der Waals surface area contributed by atoms with E-state index in [0.717, 1.165) is 0 Å². The molecule has 1 unspecified atom stereocenters. The number of rotatable bonds is 8. The van der Waals surface area contributed by atoms with Crippen molar-refractivity contribution in [3.63, 3.8) is 0 Å². The van der Waals surface area contributed by atoms with Crippen LogP contribution in [0.5, 0.6) is 0 Å². The number of hydrogen-bond acceptors (Lipinski definition) is 4. The molecule has 0 aromatic heterocycles. The highest BCUT2D eigenvalue weighted by Gasteiger charge is 2.04. The third kappa shape index (κ3) is 9.73. The fraction of sp³-hybridized carbons (Fsp3) is 0.909. The number of carbonyl (C=O) groups excluding carboxylic acids is 1. The lowest BCUT2D eigenvalue weighted by atomic mass is 10.2. The van der Waals surface area contributed by atoms with Crippen molar-refractivity contribution in [2.24, 2.45) is 5.92 Å². The first-order chi connectivity index (χ1) is 7.56. The Bertz CT molecular complexity index is 185. The average molecular weight is 233 g/mol. The van der Waals surface area contributed by atoms with Crippen LogP contribution in [0.4, 0.5) is 4.79 Å². The smallest absolute Gasteiger partial charge is 0.407 e. The van der Waals surface area contributed by atoms with Crippen LogP contribution in [0.3, 0.4) is 0 Å². The molecule has 0 radical (unpaired) electrons. The molecular weight excluding hydrogens is 210 g/mol. The van der Waals surface area contributed by atoms with Crippen molar-refractivity contribution in [1.29, 1.82) is 0 Å². The molecule has 1 amide bonds. The monoisotopic (exact) mass is 233 g/mol. The summed E-state index contributed by atoms with van der Waals surface area (Å²) >= 11 is 0. The maximum atomic E-state index is 11.1. The number of alkyl carbamates (subject to hydrolysis) is 1. The van der Waals surface area contributed by atoms with E-state index in [-0.39, 0.29) is 12.9 Å². The van der Waals surface area contributed by atoms with Crippen LogP contribution in [-0.4, -0.2) is 38.7 Å². The van der Waals surface area contributed by atoms with Gasteiger partial charge in [0.15, 0.2) is 6.29 Å². The van der Waals surface area contributed by atoms with Crippen LogP contribution >= 0.6 is 0 Å². The van der Waals surface area contributed by atoms with Crippen molar-refractivity contribution in [1.82, 2.24) is 5.32 Å². The zero-order valence-corrected chi connectivity index (χ0v) is 10.6. The van der Waals surface area contributed by atoms with Crippen molar-refractivity contribution in [2.45, 2.75) is 34.0 Å². The summed E-state index contributed by atoms with van der Waals surface area (Å²) in [5.41, 5.74) is 0. The van der Waals surface area contributed by atoms with E-state index in [1.807, 2.05) is 27.7 Å². The maximum absolute atomic E-state index is 11.1. The third-order valence-electron chi connectivity index (χ3n) is 1.73. The molecule has 0 aromatic carbocycles. The van der Waals surface area contributed by atoms with Gasteiger partial charge in [0.2, 0.25) is 0 Å². The van der Waals surface area contributed by atoms with E-state index in [0.29, 0.717) is 25.7 Å². The van der Waals surface area contributed by atoms with Crippen molar-refractivity contribution in [3.8, 4) is 0 Å². The van der Waals surface area contributed by atoms with E-state index < -0.39 is 6.09 Å². The Morgan fingerprint density at radius 2 is 1.88 bits per heavy atom. The highest BCUT2D eigenvalue weighted by molar-refractivity contribution is 5.67. The van der Waals surface area contributed by atoms with E-state index >= 15 is 0 Å². The van der Waals surface area contributed by atoms with Gasteiger partial charge < -0.3 is 19.5 Å². The summed E-state index contributed by atoms with van der Waals surface area (Å²) < 4.78 is 15.3. The number of nitrogens with one attached hydrogen (secondary N) is 1. The minimum atomic E-state index is -0.402. The average Bonchev–Trinajstić information content (AvgIpc) is 2.22. The van der Waals surface area contributed by atoms with E-state index in [4.69, 9.17) is 14.2 Å². The summed E-state index contributed by atoms with van der Waals surface area (Å²) in [4.78, 5) is 11.1. The van der Waals surface area contributed by atoms with Gasteiger partial charge in [-0.15, -0.1) is 0 Å². The van der Waals surface area contributed by atoms with Crippen LogP contribution in [-0.2, 0) is 14.2 Å². The number of ether oxygens (including phenoxy) is 3. The summed E-state index contributed by atoms with van der Waals surface area (Å²) in [5, 5.41) is 2.65. The molecule has 16 heavy (non-hydrogen) atoms. The van der Waals surface area contributed by atoms with Crippen LogP contribution in [0.15, 0.2) is 0 Å². The van der Waals surface area contributed by atoms with Crippen LogP contribution in [0.25, 0.3) is 0 Å². The molecule has 5 heteroatoms. The molecule has 5 nitrogen and oxygen atoms in total. The Morgan fingerprint density at radius 3 is 2.44 bits per heavy atom. The fourth-order valence-electron chi connectivity index (χ4n) is 0.970. The van der Waals surface area contributed by atoms with Gasteiger partial charge in [-0.25, -0.2) is 4.79 Å². The molecule has 0 spiro atoms. The zero-order valence-electron chi connectivity index (χ0n) is 10.6. The Kier molecular flexibility index (Phi) is 8.94. The van der Waals surface area contributed by atoms with Crippen LogP contribution < -0.4 is 5.32 Å². The topological polar surface area (TPSA) is 56.8 Å². The van der Waals surface area contributed by atoms with Crippen LogP contribution in [0.1, 0.15) is 27.7 Å². The second kappa shape index (κ2) is 9.42. The minimum absolute atomic E-state index is 0.237. The van der Waals surface area contributed by atoms with Gasteiger partial charge in [0.25, 0.3) is 0 Å². The van der Waals surface area contributed by atoms with E-state index in [1.165, 1.54) is 0 Å². The maximum Gasteiger partial charge on any atom is 0.407 e. The van der Waals surface area contributed by atoms with Gasteiger partial charge in [-0.3, -0.25) is 0 Å². The summed E-state index contributed by atoms with van der Waals surface area (Å²) in [6, 6.07) is 0. The largest absolute Gasteiger partial charge is 0.447 e. The summed E-state index contributed by atoms with van der Waals surface area (Å²) in [6.07, 6.45) is -0.659. The second-order valence-corrected chi connectivity index (χ2v) is 3.80. The number of amides is 1. The van der Waals surface area contributed by atoms with Crippen LogP contribution in [0.2, 0.25) is 0 Å². The Labute approximate surface area is 97.4 Å². The van der Waals surface area contributed by atoms with Crippen molar-refractivity contribution >= 4 is 6.09 Å². The van der Waals surface area contributed by atoms with Crippen molar-refractivity contribution < 1.29 is 19.0 Å². The minimum Gasteiger partial charge on any atom is -0.447 e. The molecule has 0 aromatic rings. The lowest BCUT2D eigenvalue weighted by Crippen LogP contribution is -2.29. The van der Waals surface area contributed by atoms with Gasteiger partial charge in [-0.05, 0) is 19.8 Å². The predicted molar refractivity (Wildman–Crippen MR) is 61.2 cm³/mol. The first kappa shape index (κ1) is 15.2. The highest BCUT2D eigenvalue weighted by Crippen LogP contribution is 1.93. The molecule has 0 aliphatic rings. The SMILES string of the molecule is CCOC(C)OCCOC(=O)NCC(C)C. The predicted octanol–water partition coefficient (Wildman–Crippen LogP) is 1.77. The van der Waals surface area contributed by atoms with Crippen molar-refractivity contribution in [3.05, 3.63) is 0 Å². The summed E-state index contributed by atoms with van der Waals surface area (Å²) in [7, 11) is 0. The molecule has 1 atom stereocenters. The highest BCUT2D eigenvalue weighted by atomic mass is 16.7. The second-order valence-electron chi connectivity index (χ2n) is 3.80. The first-order valence-corrected chi connectivity index (χ1v) is 5.70. The molecule has 0 aliphatic heterocycles. The molecule has 0 rings (SSSR count). The number of hydrogen-bond donors (Lipinski definition) is 1.